The Balaban J connectivity index is 1.70. The van der Waals surface area contributed by atoms with Crippen molar-refractivity contribution in [3.63, 3.8) is 0 Å². The van der Waals surface area contributed by atoms with Gasteiger partial charge in [0, 0.05) is 18.2 Å². The molecule has 3 nitrogen and oxygen atoms in total. The Morgan fingerprint density at radius 2 is 1.55 bits per heavy atom. The molecule has 0 spiro atoms. The second-order valence-corrected chi connectivity index (χ2v) is 5.21. The third-order valence-corrected chi connectivity index (χ3v) is 3.47. The van der Waals surface area contributed by atoms with Crippen LogP contribution in [-0.4, -0.2) is 16.5 Å². The van der Waals surface area contributed by atoms with E-state index in [4.69, 9.17) is 0 Å². The lowest BCUT2D eigenvalue weighted by Crippen LogP contribution is -2.07. The molecule has 3 rings (SSSR count). The maximum atomic E-state index is 4.52. The Bertz CT molecular complexity index is 724. The summed E-state index contributed by atoms with van der Waals surface area (Å²) in [5.41, 5.74) is 3.39. The Morgan fingerprint density at radius 1 is 0.864 bits per heavy atom. The highest BCUT2D eigenvalue weighted by atomic mass is 15.0. The first-order chi connectivity index (χ1) is 10.8. The van der Waals surface area contributed by atoms with Crippen molar-refractivity contribution < 1.29 is 0 Å². The summed E-state index contributed by atoms with van der Waals surface area (Å²) >= 11 is 0. The lowest BCUT2D eigenvalue weighted by atomic mass is 10.1. The van der Waals surface area contributed by atoms with Gasteiger partial charge in [0.15, 0.2) is 0 Å². The van der Waals surface area contributed by atoms with Gasteiger partial charge in [0.05, 0.1) is 5.69 Å². The van der Waals surface area contributed by atoms with E-state index in [1.165, 1.54) is 5.56 Å². The van der Waals surface area contributed by atoms with E-state index >= 15 is 0 Å². The smallest absolute Gasteiger partial charge is 0.130 e. The van der Waals surface area contributed by atoms with E-state index in [0.717, 1.165) is 35.9 Å². The molecule has 0 atom stereocenters. The molecule has 1 aromatic heterocycles. The second kappa shape index (κ2) is 6.85. The minimum Gasteiger partial charge on any atom is -0.370 e. The van der Waals surface area contributed by atoms with E-state index < -0.39 is 0 Å². The molecule has 110 valence electrons. The third-order valence-electron chi connectivity index (χ3n) is 3.47. The van der Waals surface area contributed by atoms with Crippen LogP contribution in [0.3, 0.4) is 0 Å². The molecular weight excluding hydrogens is 270 g/mol. The third kappa shape index (κ3) is 3.70. The van der Waals surface area contributed by atoms with Crippen LogP contribution in [0, 0.1) is 6.92 Å². The van der Waals surface area contributed by atoms with Crippen molar-refractivity contribution in [2.24, 2.45) is 0 Å². The summed E-state index contributed by atoms with van der Waals surface area (Å²) in [5.74, 6) is 1.66. The molecule has 0 saturated carbocycles. The number of nitrogens with zero attached hydrogens (tertiary/aromatic N) is 2. The van der Waals surface area contributed by atoms with Gasteiger partial charge in [-0.1, -0.05) is 60.7 Å². The quantitative estimate of drug-likeness (QED) is 0.768. The molecule has 1 N–H and O–H groups in total. The van der Waals surface area contributed by atoms with Crippen molar-refractivity contribution in [1.29, 1.82) is 0 Å². The maximum Gasteiger partial charge on any atom is 0.130 e. The number of aryl methyl sites for hydroxylation is 1. The van der Waals surface area contributed by atoms with Gasteiger partial charge >= 0.3 is 0 Å². The molecule has 22 heavy (non-hydrogen) atoms. The molecule has 0 amide bonds. The van der Waals surface area contributed by atoms with Gasteiger partial charge in [-0.05, 0) is 18.9 Å². The molecule has 0 fully saturated rings. The van der Waals surface area contributed by atoms with E-state index in [1.54, 1.807) is 0 Å². The van der Waals surface area contributed by atoms with Crippen molar-refractivity contribution in [3.8, 4) is 11.3 Å². The van der Waals surface area contributed by atoms with Crippen molar-refractivity contribution in [2.75, 3.05) is 11.9 Å². The number of anilines is 1. The lowest BCUT2D eigenvalue weighted by Gasteiger charge is -2.09. The Labute approximate surface area is 131 Å². The fourth-order valence-electron chi connectivity index (χ4n) is 2.39. The topological polar surface area (TPSA) is 37.8 Å². The number of nitrogens with one attached hydrogen (secondary N) is 1. The highest BCUT2D eigenvalue weighted by molar-refractivity contribution is 5.62. The highest BCUT2D eigenvalue weighted by Crippen LogP contribution is 2.19. The maximum absolute atomic E-state index is 4.52. The van der Waals surface area contributed by atoms with Crippen molar-refractivity contribution >= 4 is 5.82 Å². The predicted octanol–water partition coefficient (Wildman–Crippen LogP) is 4.11. The van der Waals surface area contributed by atoms with E-state index in [-0.39, 0.29) is 0 Å². The van der Waals surface area contributed by atoms with Gasteiger partial charge < -0.3 is 5.32 Å². The summed E-state index contributed by atoms with van der Waals surface area (Å²) in [6.45, 7) is 2.78. The molecule has 0 bridgehead atoms. The van der Waals surface area contributed by atoms with Crippen LogP contribution in [0.25, 0.3) is 11.3 Å². The van der Waals surface area contributed by atoms with Gasteiger partial charge in [-0.15, -0.1) is 0 Å². The normalized spacial score (nSPS) is 10.4. The predicted molar refractivity (Wildman–Crippen MR) is 90.8 cm³/mol. The molecule has 3 heteroatoms. The number of rotatable bonds is 5. The fourth-order valence-corrected chi connectivity index (χ4v) is 2.39. The zero-order valence-corrected chi connectivity index (χ0v) is 12.7. The van der Waals surface area contributed by atoms with Crippen LogP contribution in [0.4, 0.5) is 5.82 Å². The number of aromatic nitrogens is 2. The van der Waals surface area contributed by atoms with Gasteiger partial charge in [0.2, 0.25) is 0 Å². The van der Waals surface area contributed by atoms with Crippen molar-refractivity contribution in [3.05, 3.63) is 78.1 Å². The van der Waals surface area contributed by atoms with Gasteiger partial charge in [-0.25, -0.2) is 9.97 Å². The zero-order chi connectivity index (χ0) is 15.2. The highest BCUT2D eigenvalue weighted by Gasteiger charge is 2.04. The average molecular weight is 289 g/mol. The monoisotopic (exact) mass is 289 g/mol. The summed E-state index contributed by atoms with van der Waals surface area (Å²) in [5, 5.41) is 3.39. The summed E-state index contributed by atoms with van der Waals surface area (Å²) in [7, 11) is 0. The van der Waals surface area contributed by atoms with Gasteiger partial charge in [0.25, 0.3) is 0 Å². The molecule has 0 aliphatic carbocycles. The van der Waals surface area contributed by atoms with Gasteiger partial charge in [-0.2, -0.15) is 0 Å². The van der Waals surface area contributed by atoms with Crippen LogP contribution < -0.4 is 5.32 Å². The number of hydrogen-bond acceptors (Lipinski definition) is 3. The zero-order valence-electron chi connectivity index (χ0n) is 12.7. The van der Waals surface area contributed by atoms with E-state index in [0.29, 0.717) is 0 Å². The first kappa shape index (κ1) is 14.3. The largest absolute Gasteiger partial charge is 0.370 e. The van der Waals surface area contributed by atoms with Crippen molar-refractivity contribution in [2.45, 2.75) is 13.3 Å². The molecule has 0 saturated heterocycles. The molecule has 0 aliphatic rings. The standard InChI is InChI=1S/C19H19N3/c1-15-21-18(17-10-6-3-7-11-17)14-19(22-15)20-13-12-16-8-4-2-5-9-16/h2-11,14H,12-13H2,1H3,(H,20,21,22). The van der Waals surface area contributed by atoms with Crippen LogP contribution >= 0.6 is 0 Å². The van der Waals surface area contributed by atoms with Crippen molar-refractivity contribution in [1.82, 2.24) is 9.97 Å². The van der Waals surface area contributed by atoms with Crippen LogP contribution in [0.2, 0.25) is 0 Å². The SMILES string of the molecule is Cc1nc(NCCc2ccccc2)cc(-c2ccccc2)n1. The van der Waals surface area contributed by atoms with Crippen LogP contribution in [0.1, 0.15) is 11.4 Å². The second-order valence-electron chi connectivity index (χ2n) is 5.21. The van der Waals surface area contributed by atoms with Gasteiger partial charge in [-0.3, -0.25) is 0 Å². The Kier molecular flexibility index (Phi) is 4.44. The number of hydrogen-bond donors (Lipinski definition) is 1. The Hall–Kier alpha value is -2.68. The first-order valence-corrected chi connectivity index (χ1v) is 7.50. The lowest BCUT2D eigenvalue weighted by molar-refractivity contribution is 0.983. The van der Waals surface area contributed by atoms with Crippen LogP contribution in [-0.2, 0) is 6.42 Å². The summed E-state index contributed by atoms with van der Waals surface area (Å²) in [4.78, 5) is 8.99. The fraction of sp³-hybridized carbons (Fsp3) is 0.158. The molecular formula is C19H19N3. The summed E-state index contributed by atoms with van der Waals surface area (Å²) in [6.07, 6.45) is 0.977. The molecule has 0 unspecified atom stereocenters. The Morgan fingerprint density at radius 3 is 2.27 bits per heavy atom. The minimum atomic E-state index is 0.781. The number of benzene rings is 2. The molecule has 0 aliphatic heterocycles. The molecule has 0 radical (unpaired) electrons. The molecule has 1 heterocycles. The first-order valence-electron chi connectivity index (χ1n) is 7.50. The summed E-state index contributed by atoms with van der Waals surface area (Å²) < 4.78 is 0. The summed E-state index contributed by atoms with van der Waals surface area (Å²) in [6, 6.07) is 22.6. The van der Waals surface area contributed by atoms with E-state index in [2.05, 4.69) is 51.7 Å². The van der Waals surface area contributed by atoms with Crippen LogP contribution in [0.5, 0.6) is 0 Å². The van der Waals surface area contributed by atoms with E-state index in [1.807, 2.05) is 37.3 Å². The average Bonchev–Trinajstić information content (AvgIpc) is 2.56. The van der Waals surface area contributed by atoms with Gasteiger partial charge in [0.1, 0.15) is 11.6 Å². The van der Waals surface area contributed by atoms with Crippen LogP contribution in [0.15, 0.2) is 66.7 Å². The molecule has 2 aromatic carbocycles. The van der Waals surface area contributed by atoms with E-state index in [9.17, 15) is 0 Å². The minimum absolute atomic E-state index is 0.781. The molecule has 3 aromatic rings.